The third kappa shape index (κ3) is 3.05. The average molecular weight is 466 g/mol. The molecule has 30 heavy (non-hydrogen) atoms. The number of rotatable bonds is 4. The van der Waals surface area contributed by atoms with E-state index in [1.54, 1.807) is 4.68 Å². The van der Waals surface area contributed by atoms with Crippen LogP contribution in [0.15, 0.2) is 57.8 Å². The number of tetrazole rings is 1. The molecule has 0 saturated heterocycles. The highest BCUT2D eigenvalue weighted by atomic mass is 79.9. The number of fused-ring (bicyclic) bond motifs is 2. The fraction of sp³-hybridized carbons (Fsp3) is 0.150. The van der Waals surface area contributed by atoms with E-state index in [0.29, 0.717) is 29.5 Å². The number of anilines is 2. The minimum absolute atomic E-state index is 0.337. The highest BCUT2D eigenvalue weighted by Gasteiger charge is 2.34. The molecule has 9 nitrogen and oxygen atoms in total. The Hall–Kier alpha value is -3.53. The van der Waals surface area contributed by atoms with Crippen LogP contribution in [0.2, 0.25) is 0 Å². The van der Waals surface area contributed by atoms with E-state index in [1.807, 2.05) is 55.5 Å². The number of aromatic amines is 1. The smallest absolute Gasteiger partial charge is 0.288 e. The Morgan fingerprint density at radius 2 is 1.90 bits per heavy atom. The molecule has 0 amide bonds. The van der Waals surface area contributed by atoms with Gasteiger partial charge < -0.3 is 10.1 Å². The lowest BCUT2D eigenvalue weighted by Crippen LogP contribution is -2.29. The number of H-pyrrole nitrogens is 1. The molecule has 0 saturated carbocycles. The van der Waals surface area contributed by atoms with Gasteiger partial charge >= 0.3 is 0 Å². The number of nitrogens with one attached hydrogen (secondary N) is 2. The molecule has 0 bridgehead atoms. The molecule has 1 atom stereocenters. The fourth-order valence-electron chi connectivity index (χ4n) is 3.59. The molecule has 4 aromatic rings. The molecule has 2 aromatic carbocycles. The first-order chi connectivity index (χ1) is 14.7. The third-order valence-electron chi connectivity index (χ3n) is 4.89. The summed E-state index contributed by atoms with van der Waals surface area (Å²) in [4.78, 5) is 12.7. The lowest BCUT2D eigenvalue weighted by atomic mass is 9.92. The zero-order chi connectivity index (χ0) is 20.7. The summed E-state index contributed by atoms with van der Waals surface area (Å²) in [5.41, 5.74) is 3.14. The minimum atomic E-state index is -0.421. The van der Waals surface area contributed by atoms with Crippen LogP contribution in [0.25, 0.3) is 11.3 Å². The number of aromatic nitrogens is 6. The van der Waals surface area contributed by atoms with Crippen LogP contribution in [0.1, 0.15) is 24.1 Å². The third-order valence-corrected chi connectivity index (χ3v) is 5.42. The second-order valence-corrected chi connectivity index (χ2v) is 7.59. The number of hydrogen-bond donors (Lipinski definition) is 2. The van der Waals surface area contributed by atoms with Crippen molar-refractivity contribution < 1.29 is 4.74 Å². The van der Waals surface area contributed by atoms with Gasteiger partial charge in [0.1, 0.15) is 17.5 Å². The van der Waals surface area contributed by atoms with Gasteiger partial charge in [-0.3, -0.25) is 4.79 Å². The topological polar surface area (TPSA) is 111 Å². The molecule has 10 heteroatoms. The van der Waals surface area contributed by atoms with Gasteiger partial charge in [-0.15, -0.1) is 0 Å². The van der Waals surface area contributed by atoms with E-state index in [9.17, 15) is 4.79 Å². The van der Waals surface area contributed by atoms with Gasteiger partial charge in [0.05, 0.1) is 12.3 Å². The molecular weight excluding hydrogens is 450 g/mol. The normalized spacial score (nSPS) is 14.5. The summed E-state index contributed by atoms with van der Waals surface area (Å²) in [5, 5.41) is 22.0. The SMILES string of the molecule is CCOc1ccc(-c2n[nH]c(=O)c3c2C(c2ccc(Br)cc2)n2nnnc2N3)cc1. The van der Waals surface area contributed by atoms with Gasteiger partial charge in [-0.25, -0.2) is 5.10 Å². The van der Waals surface area contributed by atoms with Crippen LogP contribution in [0, 0.1) is 0 Å². The minimum Gasteiger partial charge on any atom is -0.494 e. The Kier molecular flexibility index (Phi) is 4.55. The maximum atomic E-state index is 12.7. The molecule has 150 valence electrons. The first kappa shape index (κ1) is 18.5. The molecular formula is C20H16BrN7O2. The van der Waals surface area contributed by atoms with Crippen molar-refractivity contribution in [2.75, 3.05) is 11.9 Å². The first-order valence-corrected chi connectivity index (χ1v) is 10.1. The molecule has 0 aliphatic carbocycles. The molecule has 1 unspecified atom stereocenters. The van der Waals surface area contributed by atoms with Crippen molar-refractivity contribution in [3.8, 4) is 17.0 Å². The molecule has 2 aromatic heterocycles. The molecule has 2 N–H and O–H groups in total. The summed E-state index contributed by atoms with van der Waals surface area (Å²) in [6.07, 6.45) is 0. The zero-order valence-corrected chi connectivity index (χ0v) is 17.4. The van der Waals surface area contributed by atoms with Crippen LogP contribution < -0.4 is 15.6 Å². The Morgan fingerprint density at radius 1 is 1.13 bits per heavy atom. The summed E-state index contributed by atoms with van der Waals surface area (Å²) >= 11 is 3.47. The van der Waals surface area contributed by atoms with E-state index < -0.39 is 6.04 Å². The molecule has 1 aliphatic heterocycles. The van der Waals surface area contributed by atoms with Gasteiger partial charge in [0.2, 0.25) is 5.95 Å². The Bertz CT molecular complexity index is 1270. The van der Waals surface area contributed by atoms with Crippen LogP contribution in [-0.4, -0.2) is 37.0 Å². The Balaban J connectivity index is 1.73. The van der Waals surface area contributed by atoms with Crippen molar-refractivity contribution in [2.45, 2.75) is 13.0 Å². The van der Waals surface area contributed by atoms with Gasteiger partial charge in [-0.05, 0) is 59.3 Å². The number of benzene rings is 2. The van der Waals surface area contributed by atoms with Crippen molar-refractivity contribution in [1.82, 2.24) is 30.4 Å². The first-order valence-electron chi connectivity index (χ1n) is 9.32. The largest absolute Gasteiger partial charge is 0.494 e. The van der Waals surface area contributed by atoms with Crippen molar-refractivity contribution >= 4 is 27.6 Å². The second-order valence-electron chi connectivity index (χ2n) is 6.67. The molecule has 0 radical (unpaired) electrons. The molecule has 5 rings (SSSR count). The maximum Gasteiger partial charge on any atom is 0.288 e. The number of nitrogens with zero attached hydrogens (tertiary/aromatic N) is 5. The summed E-state index contributed by atoms with van der Waals surface area (Å²) in [6, 6.07) is 15.0. The van der Waals surface area contributed by atoms with E-state index in [2.05, 4.69) is 47.0 Å². The number of ether oxygens (including phenoxy) is 1. The quantitative estimate of drug-likeness (QED) is 0.418. The van der Waals surface area contributed by atoms with Crippen LogP contribution in [0.3, 0.4) is 0 Å². The molecule has 0 fully saturated rings. The van der Waals surface area contributed by atoms with E-state index in [0.717, 1.165) is 21.3 Å². The average Bonchev–Trinajstić information content (AvgIpc) is 3.23. The predicted octanol–water partition coefficient (Wildman–Crippen LogP) is 3.28. The highest BCUT2D eigenvalue weighted by molar-refractivity contribution is 9.10. The van der Waals surface area contributed by atoms with Crippen LogP contribution in [0.5, 0.6) is 5.75 Å². The Morgan fingerprint density at radius 3 is 2.63 bits per heavy atom. The summed E-state index contributed by atoms with van der Waals surface area (Å²) in [5.74, 6) is 1.16. The van der Waals surface area contributed by atoms with Gasteiger partial charge in [0, 0.05) is 15.6 Å². The van der Waals surface area contributed by atoms with Gasteiger partial charge in [0.25, 0.3) is 5.56 Å². The predicted molar refractivity (Wildman–Crippen MR) is 114 cm³/mol. The van der Waals surface area contributed by atoms with Crippen molar-refractivity contribution in [3.05, 3.63) is 74.5 Å². The maximum absolute atomic E-state index is 12.7. The zero-order valence-electron chi connectivity index (χ0n) is 15.8. The van der Waals surface area contributed by atoms with E-state index >= 15 is 0 Å². The molecule has 3 heterocycles. The van der Waals surface area contributed by atoms with Crippen LogP contribution in [0.4, 0.5) is 11.6 Å². The lowest BCUT2D eigenvalue weighted by molar-refractivity contribution is 0.340. The standard InChI is InChI=1S/C20H16BrN7O2/c1-2-30-14-9-5-11(6-10-14)16-15-17(19(29)24-23-16)22-20-25-26-27-28(20)18(15)12-3-7-13(21)8-4-12/h3-10,18H,2H2,1H3,(H,24,29)(H,22,25,27). The summed E-state index contributed by atoms with van der Waals surface area (Å²) in [7, 11) is 0. The van der Waals surface area contributed by atoms with Crippen molar-refractivity contribution in [1.29, 1.82) is 0 Å². The molecule has 1 aliphatic rings. The Labute approximate surface area is 179 Å². The van der Waals surface area contributed by atoms with Gasteiger partial charge in [-0.1, -0.05) is 33.2 Å². The van der Waals surface area contributed by atoms with Crippen molar-refractivity contribution in [3.63, 3.8) is 0 Å². The summed E-state index contributed by atoms with van der Waals surface area (Å²) < 4.78 is 8.15. The van der Waals surface area contributed by atoms with E-state index in [1.165, 1.54) is 0 Å². The van der Waals surface area contributed by atoms with E-state index in [4.69, 9.17) is 4.74 Å². The van der Waals surface area contributed by atoms with Crippen LogP contribution in [-0.2, 0) is 0 Å². The summed E-state index contributed by atoms with van der Waals surface area (Å²) in [6.45, 7) is 2.52. The van der Waals surface area contributed by atoms with Gasteiger partial charge in [-0.2, -0.15) is 9.78 Å². The number of hydrogen-bond acceptors (Lipinski definition) is 7. The monoisotopic (exact) mass is 465 g/mol. The van der Waals surface area contributed by atoms with E-state index in [-0.39, 0.29) is 5.56 Å². The van der Waals surface area contributed by atoms with Crippen LogP contribution >= 0.6 is 15.9 Å². The number of halogens is 1. The molecule has 0 spiro atoms. The van der Waals surface area contributed by atoms with Crippen molar-refractivity contribution in [2.24, 2.45) is 0 Å². The van der Waals surface area contributed by atoms with Gasteiger partial charge in [0.15, 0.2) is 0 Å². The highest BCUT2D eigenvalue weighted by Crippen LogP contribution is 2.41. The fourth-order valence-corrected chi connectivity index (χ4v) is 3.85. The lowest BCUT2D eigenvalue weighted by Gasteiger charge is -2.27. The second kappa shape index (κ2) is 7.38.